The lowest BCUT2D eigenvalue weighted by molar-refractivity contribution is -0.126. The van der Waals surface area contributed by atoms with E-state index >= 15 is 0 Å². The van der Waals surface area contributed by atoms with Crippen LogP contribution in [-0.2, 0) is 44.0 Å². The van der Waals surface area contributed by atoms with Gasteiger partial charge in [0, 0.05) is 0 Å². The van der Waals surface area contributed by atoms with Crippen molar-refractivity contribution in [2.45, 2.75) is 31.7 Å². The quantitative estimate of drug-likeness (QED) is 0.323. The predicted octanol–water partition coefficient (Wildman–Crippen LogP) is 2.63. The normalized spacial score (nSPS) is 12.9. The molecule has 0 saturated carbocycles. The highest BCUT2D eigenvalue weighted by molar-refractivity contribution is 7.88. The molecule has 0 aliphatic carbocycles. The second-order valence-corrected chi connectivity index (χ2v) is 10.1. The Kier molecular flexibility index (Phi) is 10.2. The van der Waals surface area contributed by atoms with Gasteiger partial charge in [-0.15, -0.1) is 0 Å². The molecule has 9 heteroatoms. The third-order valence-electron chi connectivity index (χ3n) is 5.19. The molecule has 0 radical (unpaired) electrons. The maximum absolute atomic E-state index is 12.8. The standard InChI is InChI=1S/C27H30N2O6S/c1-36(32,33)29-26(20-34-18-22-8-4-2-5-9-22)27(31)28-24(17-30)16-21-12-14-25(15-13-21)35-19-23-10-6-3-7-11-23/h2-15,17,24,26,29H,16,18-20H2,1H3,(H,28,31)/t24-,26+/m0/s1. The van der Waals surface area contributed by atoms with Gasteiger partial charge in [-0.05, 0) is 35.2 Å². The van der Waals surface area contributed by atoms with Crippen molar-refractivity contribution in [2.24, 2.45) is 0 Å². The number of carbonyl (C=O) groups excluding carboxylic acids is 2. The van der Waals surface area contributed by atoms with Gasteiger partial charge in [0.25, 0.3) is 0 Å². The topological polar surface area (TPSA) is 111 Å². The van der Waals surface area contributed by atoms with E-state index in [1.54, 1.807) is 12.1 Å². The van der Waals surface area contributed by atoms with Gasteiger partial charge in [-0.3, -0.25) is 4.79 Å². The number of sulfonamides is 1. The number of benzene rings is 3. The van der Waals surface area contributed by atoms with Gasteiger partial charge in [0.2, 0.25) is 15.9 Å². The van der Waals surface area contributed by atoms with E-state index in [1.807, 2.05) is 72.8 Å². The Bertz CT molecular complexity index is 1200. The Labute approximate surface area is 211 Å². The maximum atomic E-state index is 12.8. The van der Waals surface area contributed by atoms with Crippen molar-refractivity contribution in [3.63, 3.8) is 0 Å². The van der Waals surface area contributed by atoms with Crippen LogP contribution in [0.15, 0.2) is 84.9 Å². The monoisotopic (exact) mass is 510 g/mol. The van der Waals surface area contributed by atoms with Crippen LogP contribution in [-0.4, -0.2) is 45.6 Å². The minimum atomic E-state index is -3.69. The highest BCUT2D eigenvalue weighted by Crippen LogP contribution is 2.15. The van der Waals surface area contributed by atoms with E-state index in [0.29, 0.717) is 18.6 Å². The number of amides is 1. The summed E-state index contributed by atoms with van der Waals surface area (Å²) in [5, 5.41) is 2.60. The van der Waals surface area contributed by atoms with Crippen LogP contribution in [0.2, 0.25) is 0 Å². The van der Waals surface area contributed by atoms with Crippen molar-refractivity contribution in [1.29, 1.82) is 0 Å². The van der Waals surface area contributed by atoms with Crippen LogP contribution in [0.3, 0.4) is 0 Å². The second kappa shape index (κ2) is 13.5. The first-order chi connectivity index (χ1) is 17.3. The highest BCUT2D eigenvalue weighted by Gasteiger charge is 2.25. The van der Waals surface area contributed by atoms with E-state index in [4.69, 9.17) is 9.47 Å². The number of aldehydes is 1. The minimum Gasteiger partial charge on any atom is -0.489 e. The van der Waals surface area contributed by atoms with Crippen LogP contribution >= 0.6 is 0 Å². The number of carbonyl (C=O) groups is 2. The summed E-state index contributed by atoms with van der Waals surface area (Å²) in [4.78, 5) is 24.5. The molecule has 0 aliphatic heterocycles. The predicted molar refractivity (Wildman–Crippen MR) is 137 cm³/mol. The van der Waals surface area contributed by atoms with Gasteiger partial charge < -0.3 is 19.6 Å². The van der Waals surface area contributed by atoms with Crippen LogP contribution < -0.4 is 14.8 Å². The molecule has 0 bridgehead atoms. The first-order valence-electron chi connectivity index (χ1n) is 11.4. The minimum absolute atomic E-state index is 0.188. The molecule has 0 fully saturated rings. The first-order valence-corrected chi connectivity index (χ1v) is 13.3. The Balaban J connectivity index is 1.54. The molecule has 3 aromatic carbocycles. The van der Waals surface area contributed by atoms with E-state index in [1.165, 1.54) is 0 Å². The summed E-state index contributed by atoms with van der Waals surface area (Å²) in [7, 11) is -3.69. The van der Waals surface area contributed by atoms with Gasteiger partial charge in [0.15, 0.2) is 0 Å². The van der Waals surface area contributed by atoms with E-state index in [0.717, 1.165) is 22.9 Å². The lowest BCUT2D eigenvalue weighted by Crippen LogP contribution is -2.52. The SMILES string of the molecule is CS(=O)(=O)N[C@H](COCc1ccccc1)C(=O)N[C@H](C=O)Cc1ccc(OCc2ccccc2)cc1. The molecule has 0 spiro atoms. The van der Waals surface area contributed by atoms with Gasteiger partial charge in [-0.25, -0.2) is 13.1 Å². The molecule has 3 rings (SSSR count). The summed E-state index contributed by atoms with van der Waals surface area (Å²) in [6.07, 6.45) is 1.83. The zero-order chi connectivity index (χ0) is 25.8. The zero-order valence-corrected chi connectivity index (χ0v) is 20.8. The first kappa shape index (κ1) is 27.1. The van der Waals surface area contributed by atoms with E-state index in [2.05, 4.69) is 10.0 Å². The molecule has 36 heavy (non-hydrogen) atoms. The van der Waals surface area contributed by atoms with Crippen LogP contribution in [0.5, 0.6) is 5.75 Å². The molecule has 190 valence electrons. The van der Waals surface area contributed by atoms with Crippen molar-refractivity contribution in [1.82, 2.24) is 10.0 Å². The van der Waals surface area contributed by atoms with Crippen molar-refractivity contribution >= 4 is 22.2 Å². The Morgan fingerprint density at radius 1 is 0.861 bits per heavy atom. The molecule has 8 nitrogen and oxygen atoms in total. The number of nitrogens with one attached hydrogen (secondary N) is 2. The number of ether oxygens (including phenoxy) is 2. The molecule has 0 aliphatic rings. The van der Waals surface area contributed by atoms with Gasteiger partial charge >= 0.3 is 0 Å². The van der Waals surface area contributed by atoms with Crippen LogP contribution in [0, 0.1) is 0 Å². The van der Waals surface area contributed by atoms with Gasteiger partial charge in [0.05, 0.1) is 25.5 Å². The Morgan fingerprint density at radius 3 is 2.00 bits per heavy atom. The average Bonchev–Trinajstić information content (AvgIpc) is 2.87. The fraction of sp³-hybridized carbons (Fsp3) is 0.259. The van der Waals surface area contributed by atoms with Crippen LogP contribution in [0.4, 0.5) is 0 Å². The average molecular weight is 511 g/mol. The Hall–Kier alpha value is -3.53. The lowest BCUT2D eigenvalue weighted by Gasteiger charge is -2.20. The fourth-order valence-electron chi connectivity index (χ4n) is 3.42. The molecule has 0 saturated heterocycles. The van der Waals surface area contributed by atoms with Gasteiger partial charge in [0.1, 0.15) is 24.7 Å². The van der Waals surface area contributed by atoms with Crippen molar-refractivity contribution in [3.05, 3.63) is 102 Å². The molecule has 0 aromatic heterocycles. The summed E-state index contributed by atoms with van der Waals surface area (Å²) in [5.41, 5.74) is 2.75. The van der Waals surface area contributed by atoms with Gasteiger partial charge in [-0.2, -0.15) is 0 Å². The summed E-state index contributed by atoms with van der Waals surface area (Å²) in [6, 6.07) is 24.3. The van der Waals surface area contributed by atoms with Crippen LogP contribution in [0.25, 0.3) is 0 Å². The zero-order valence-electron chi connectivity index (χ0n) is 20.0. The van der Waals surface area contributed by atoms with Gasteiger partial charge in [-0.1, -0.05) is 72.8 Å². The molecule has 3 aromatic rings. The molecule has 2 atom stereocenters. The second-order valence-electron chi connectivity index (χ2n) is 8.32. The Morgan fingerprint density at radius 2 is 1.44 bits per heavy atom. The molecule has 2 N–H and O–H groups in total. The van der Waals surface area contributed by atoms with E-state index in [9.17, 15) is 18.0 Å². The number of hydrogen-bond donors (Lipinski definition) is 2. The number of hydrogen-bond acceptors (Lipinski definition) is 6. The van der Waals surface area contributed by atoms with Crippen molar-refractivity contribution < 1.29 is 27.5 Å². The largest absolute Gasteiger partial charge is 0.489 e. The maximum Gasteiger partial charge on any atom is 0.241 e. The van der Waals surface area contributed by atoms with E-state index < -0.39 is 28.0 Å². The highest BCUT2D eigenvalue weighted by atomic mass is 32.2. The summed E-state index contributed by atoms with van der Waals surface area (Å²) in [6.45, 7) is 0.465. The molecule has 0 unspecified atom stereocenters. The van der Waals surface area contributed by atoms with Crippen LogP contribution in [0.1, 0.15) is 16.7 Å². The summed E-state index contributed by atoms with van der Waals surface area (Å²) < 4.78 is 37.2. The van der Waals surface area contributed by atoms with Crippen molar-refractivity contribution in [2.75, 3.05) is 12.9 Å². The lowest BCUT2D eigenvalue weighted by atomic mass is 10.1. The van der Waals surface area contributed by atoms with Crippen molar-refractivity contribution in [3.8, 4) is 5.75 Å². The molecular formula is C27H30N2O6S. The molecular weight excluding hydrogens is 480 g/mol. The fourth-order valence-corrected chi connectivity index (χ4v) is 4.12. The summed E-state index contributed by atoms with van der Waals surface area (Å²) >= 11 is 0. The number of rotatable bonds is 14. The third kappa shape index (κ3) is 9.61. The smallest absolute Gasteiger partial charge is 0.241 e. The van der Waals surface area contributed by atoms with E-state index in [-0.39, 0.29) is 19.6 Å². The summed E-state index contributed by atoms with van der Waals surface area (Å²) in [5.74, 6) is 0.0377. The molecule has 1 amide bonds. The third-order valence-corrected chi connectivity index (χ3v) is 5.90. The molecule has 0 heterocycles.